The lowest BCUT2D eigenvalue weighted by Gasteiger charge is -2.12. The van der Waals surface area contributed by atoms with Gasteiger partial charge in [-0.15, -0.1) is 0 Å². The van der Waals surface area contributed by atoms with Crippen LogP contribution in [0.15, 0.2) is 28.8 Å². The first-order valence-electron chi connectivity index (χ1n) is 9.29. The Kier molecular flexibility index (Phi) is 6.77. The molecule has 3 rings (SSSR count). The van der Waals surface area contributed by atoms with Crippen molar-refractivity contribution < 1.29 is 28.4 Å². The van der Waals surface area contributed by atoms with Gasteiger partial charge in [0.15, 0.2) is 13.2 Å². The first-order valence-corrected chi connectivity index (χ1v) is 9.29. The zero-order valence-electron chi connectivity index (χ0n) is 16.0. The van der Waals surface area contributed by atoms with E-state index in [1.807, 2.05) is 0 Å². The molecule has 1 aliphatic carbocycles. The van der Waals surface area contributed by atoms with Crippen molar-refractivity contribution in [1.82, 2.24) is 20.8 Å². The van der Waals surface area contributed by atoms with Crippen LogP contribution in [0.1, 0.15) is 47.8 Å². The second kappa shape index (κ2) is 9.67. The minimum absolute atomic E-state index is 0.0928. The molecule has 1 aliphatic rings. The fourth-order valence-corrected chi connectivity index (χ4v) is 2.90. The molecule has 0 spiro atoms. The molecular weight excluding hydrogens is 380 g/mol. The average molecular weight is 402 g/mol. The van der Waals surface area contributed by atoms with Gasteiger partial charge in [-0.3, -0.25) is 10.1 Å². The summed E-state index contributed by atoms with van der Waals surface area (Å²) in [7, 11) is 0. The number of imide groups is 1. The minimum Gasteiger partial charge on any atom is -0.485 e. The van der Waals surface area contributed by atoms with E-state index in [0.717, 1.165) is 25.7 Å². The smallest absolute Gasteiger partial charge is 0.338 e. The Hall–Kier alpha value is -3.43. The van der Waals surface area contributed by atoms with Crippen molar-refractivity contribution in [1.29, 1.82) is 0 Å². The van der Waals surface area contributed by atoms with Crippen molar-refractivity contribution in [2.24, 2.45) is 0 Å². The number of benzene rings is 1. The maximum absolute atomic E-state index is 12.0. The molecule has 0 bridgehead atoms. The highest BCUT2D eigenvalue weighted by molar-refractivity contribution is 5.97. The monoisotopic (exact) mass is 402 g/mol. The number of carbonyl (C=O) groups is 3. The zero-order valence-corrected chi connectivity index (χ0v) is 16.0. The van der Waals surface area contributed by atoms with Crippen molar-refractivity contribution in [2.45, 2.75) is 45.3 Å². The van der Waals surface area contributed by atoms with Crippen molar-refractivity contribution in [3.8, 4) is 5.75 Å². The van der Waals surface area contributed by atoms with Crippen LogP contribution in [0.4, 0.5) is 4.79 Å². The standard InChI is InChI=1S/C19H22N4O6/c1-12-20-16(23-29-12)10-27-15-8-6-13(7-9-15)18(25)28-11-17(24)22-19(26)21-14-4-2-3-5-14/h6-9,14H,2-5,10-11H2,1H3,(H2,21,22,24,26). The Morgan fingerprint density at radius 1 is 1.17 bits per heavy atom. The van der Waals surface area contributed by atoms with Gasteiger partial charge < -0.3 is 19.3 Å². The number of esters is 1. The molecule has 2 aromatic rings. The van der Waals surface area contributed by atoms with Crippen molar-refractivity contribution in [3.63, 3.8) is 0 Å². The summed E-state index contributed by atoms with van der Waals surface area (Å²) in [5.41, 5.74) is 0.246. The third-order valence-electron chi connectivity index (χ3n) is 4.31. The summed E-state index contributed by atoms with van der Waals surface area (Å²) in [6.07, 6.45) is 3.95. The Morgan fingerprint density at radius 3 is 2.55 bits per heavy atom. The van der Waals surface area contributed by atoms with Crippen molar-refractivity contribution >= 4 is 17.9 Å². The number of amides is 3. The Bertz CT molecular complexity index is 858. The van der Waals surface area contributed by atoms with Crippen LogP contribution >= 0.6 is 0 Å². The Morgan fingerprint density at radius 2 is 1.90 bits per heavy atom. The molecule has 0 atom stereocenters. The lowest BCUT2D eigenvalue weighted by atomic mass is 10.2. The predicted molar refractivity (Wildman–Crippen MR) is 99.0 cm³/mol. The van der Waals surface area contributed by atoms with Crippen LogP contribution in [0.25, 0.3) is 0 Å². The average Bonchev–Trinajstić information content (AvgIpc) is 3.36. The van der Waals surface area contributed by atoms with Crippen LogP contribution in [-0.2, 0) is 16.1 Å². The number of nitrogens with one attached hydrogen (secondary N) is 2. The second-order valence-corrected chi connectivity index (χ2v) is 6.62. The van der Waals surface area contributed by atoms with Crippen LogP contribution in [-0.4, -0.2) is 40.7 Å². The number of aryl methyl sites for hydroxylation is 1. The SMILES string of the molecule is Cc1nc(COc2ccc(C(=O)OCC(=O)NC(=O)NC3CCCC3)cc2)no1. The number of ether oxygens (including phenoxy) is 2. The summed E-state index contributed by atoms with van der Waals surface area (Å²) in [5, 5.41) is 8.59. The molecule has 1 aromatic carbocycles. The van der Waals surface area contributed by atoms with Crippen LogP contribution in [0, 0.1) is 6.92 Å². The van der Waals surface area contributed by atoms with Gasteiger partial charge in [0.1, 0.15) is 5.75 Å². The molecule has 0 unspecified atom stereocenters. The normalized spacial score (nSPS) is 13.7. The number of aromatic nitrogens is 2. The summed E-state index contributed by atoms with van der Waals surface area (Å²) in [5.74, 6) is -0.0121. The van der Waals surface area contributed by atoms with E-state index in [0.29, 0.717) is 17.5 Å². The van der Waals surface area contributed by atoms with Gasteiger partial charge in [-0.25, -0.2) is 9.59 Å². The van der Waals surface area contributed by atoms with Gasteiger partial charge in [0, 0.05) is 13.0 Å². The minimum atomic E-state index is -0.691. The van der Waals surface area contributed by atoms with E-state index in [2.05, 4.69) is 20.8 Å². The van der Waals surface area contributed by atoms with Crippen LogP contribution < -0.4 is 15.4 Å². The van der Waals surface area contributed by atoms with E-state index in [1.54, 1.807) is 19.1 Å². The summed E-state index contributed by atoms with van der Waals surface area (Å²) in [6.45, 7) is 1.26. The van der Waals surface area contributed by atoms with E-state index in [-0.39, 0.29) is 18.2 Å². The lowest BCUT2D eigenvalue weighted by molar-refractivity contribution is -0.123. The summed E-state index contributed by atoms with van der Waals surface area (Å²) in [6, 6.07) is 5.69. The summed E-state index contributed by atoms with van der Waals surface area (Å²) in [4.78, 5) is 39.5. The highest BCUT2D eigenvalue weighted by atomic mass is 16.5. The van der Waals surface area contributed by atoms with E-state index in [4.69, 9.17) is 14.0 Å². The van der Waals surface area contributed by atoms with Crippen LogP contribution in [0.3, 0.4) is 0 Å². The molecule has 10 nitrogen and oxygen atoms in total. The molecule has 0 aliphatic heterocycles. The molecular formula is C19H22N4O6. The fourth-order valence-electron chi connectivity index (χ4n) is 2.90. The van der Waals surface area contributed by atoms with Gasteiger partial charge in [-0.1, -0.05) is 18.0 Å². The van der Waals surface area contributed by atoms with E-state index in [1.165, 1.54) is 12.1 Å². The molecule has 2 N–H and O–H groups in total. The molecule has 0 radical (unpaired) electrons. The van der Waals surface area contributed by atoms with E-state index < -0.39 is 24.5 Å². The number of hydrogen-bond donors (Lipinski definition) is 2. The molecule has 154 valence electrons. The molecule has 0 saturated heterocycles. The summed E-state index contributed by atoms with van der Waals surface area (Å²) < 4.78 is 15.3. The van der Waals surface area contributed by atoms with E-state index in [9.17, 15) is 14.4 Å². The highest BCUT2D eigenvalue weighted by Gasteiger charge is 2.19. The van der Waals surface area contributed by atoms with Crippen molar-refractivity contribution in [3.05, 3.63) is 41.5 Å². The molecule has 1 heterocycles. The lowest BCUT2D eigenvalue weighted by Crippen LogP contribution is -2.44. The number of hydrogen-bond acceptors (Lipinski definition) is 8. The topological polar surface area (TPSA) is 133 Å². The second-order valence-electron chi connectivity index (χ2n) is 6.62. The van der Waals surface area contributed by atoms with Crippen LogP contribution in [0.5, 0.6) is 5.75 Å². The quantitative estimate of drug-likeness (QED) is 0.671. The molecule has 3 amide bonds. The van der Waals surface area contributed by atoms with Gasteiger partial charge in [0.25, 0.3) is 5.91 Å². The number of rotatable bonds is 7. The van der Waals surface area contributed by atoms with Gasteiger partial charge in [0.2, 0.25) is 11.7 Å². The Labute approximate surface area is 166 Å². The van der Waals surface area contributed by atoms with Crippen LogP contribution in [0.2, 0.25) is 0 Å². The van der Waals surface area contributed by atoms with E-state index >= 15 is 0 Å². The third kappa shape index (κ3) is 6.30. The molecule has 1 fully saturated rings. The number of carbonyl (C=O) groups excluding carboxylic acids is 3. The van der Waals surface area contributed by atoms with Gasteiger partial charge in [-0.05, 0) is 37.1 Å². The van der Waals surface area contributed by atoms with Gasteiger partial charge in [-0.2, -0.15) is 4.98 Å². The predicted octanol–water partition coefficient (Wildman–Crippen LogP) is 1.88. The van der Waals surface area contributed by atoms with Crippen molar-refractivity contribution in [2.75, 3.05) is 6.61 Å². The third-order valence-corrected chi connectivity index (χ3v) is 4.31. The first kappa shape index (κ1) is 20.3. The molecule has 1 saturated carbocycles. The molecule has 10 heteroatoms. The fraction of sp³-hybridized carbons (Fsp3) is 0.421. The zero-order chi connectivity index (χ0) is 20.6. The molecule has 1 aromatic heterocycles. The first-order chi connectivity index (χ1) is 14.0. The summed E-state index contributed by atoms with van der Waals surface area (Å²) >= 11 is 0. The molecule has 29 heavy (non-hydrogen) atoms. The highest BCUT2D eigenvalue weighted by Crippen LogP contribution is 2.17. The largest absolute Gasteiger partial charge is 0.485 e. The number of urea groups is 1. The maximum Gasteiger partial charge on any atom is 0.338 e. The number of nitrogens with zero attached hydrogens (tertiary/aromatic N) is 2. The van der Waals surface area contributed by atoms with Gasteiger partial charge in [0.05, 0.1) is 5.56 Å². The Balaban J connectivity index is 1.39. The van der Waals surface area contributed by atoms with Gasteiger partial charge >= 0.3 is 12.0 Å². The maximum atomic E-state index is 12.0.